The van der Waals surface area contributed by atoms with Crippen molar-refractivity contribution in [3.8, 4) is 0 Å². The molecule has 1 atom stereocenters. The van der Waals surface area contributed by atoms with Gasteiger partial charge in [-0.05, 0) is 73.0 Å². The maximum absolute atomic E-state index is 14.8. The maximum atomic E-state index is 14.8. The molecule has 1 heterocycles. The van der Waals surface area contributed by atoms with Crippen molar-refractivity contribution in [2.75, 3.05) is 18.6 Å². The smallest absolute Gasteiger partial charge is 0.269 e. The zero-order valence-corrected chi connectivity index (χ0v) is 21.0. The van der Waals surface area contributed by atoms with Crippen LogP contribution >= 0.6 is 0 Å². The zero-order valence-electron chi connectivity index (χ0n) is 19.3. The molecule has 0 radical (unpaired) electrons. The predicted octanol–water partition coefficient (Wildman–Crippen LogP) is 3.54. The van der Waals surface area contributed by atoms with Crippen LogP contribution in [0.2, 0.25) is 0 Å². The molecular formula is C24H23F3N2O5S2. The molecule has 0 spiro atoms. The number of aromatic nitrogens is 1. The summed E-state index contributed by atoms with van der Waals surface area (Å²) in [6, 6.07) is 7.64. The summed E-state index contributed by atoms with van der Waals surface area (Å²) in [6.07, 6.45) is 2.37. The van der Waals surface area contributed by atoms with Crippen molar-refractivity contribution in [3.05, 3.63) is 94.6 Å². The van der Waals surface area contributed by atoms with Gasteiger partial charge in [0.25, 0.3) is 5.91 Å². The quantitative estimate of drug-likeness (QED) is 0.329. The lowest BCUT2D eigenvalue weighted by Crippen LogP contribution is -2.27. The van der Waals surface area contributed by atoms with Gasteiger partial charge in [-0.15, -0.1) is 0 Å². The summed E-state index contributed by atoms with van der Waals surface area (Å²) >= 11 is 0. The monoisotopic (exact) mass is 540 g/mol. The van der Waals surface area contributed by atoms with Gasteiger partial charge in [-0.3, -0.25) is 9.78 Å². The number of aryl methyl sites for hydroxylation is 1. The molecular weight excluding hydrogens is 517 g/mol. The predicted molar refractivity (Wildman–Crippen MR) is 127 cm³/mol. The molecule has 0 aliphatic rings. The van der Waals surface area contributed by atoms with E-state index >= 15 is 0 Å². The van der Waals surface area contributed by atoms with Crippen molar-refractivity contribution >= 4 is 25.6 Å². The van der Waals surface area contributed by atoms with Gasteiger partial charge in [-0.2, -0.15) is 0 Å². The molecule has 0 aliphatic carbocycles. The fraction of sp³-hybridized carbons (Fsp3) is 0.250. The lowest BCUT2D eigenvalue weighted by atomic mass is 10.0. The van der Waals surface area contributed by atoms with Crippen molar-refractivity contribution in [2.24, 2.45) is 0 Å². The van der Waals surface area contributed by atoms with E-state index in [2.05, 4.69) is 10.3 Å². The highest BCUT2D eigenvalue weighted by atomic mass is 32.2. The summed E-state index contributed by atoms with van der Waals surface area (Å²) in [6.45, 7) is 1.56. The van der Waals surface area contributed by atoms with Gasteiger partial charge in [-0.25, -0.2) is 30.0 Å². The van der Waals surface area contributed by atoms with Crippen LogP contribution in [0.4, 0.5) is 13.2 Å². The fourth-order valence-corrected chi connectivity index (χ4v) is 6.12. The summed E-state index contributed by atoms with van der Waals surface area (Å²) in [7, 11) is -7.60. The first-order valence-corrected chi connectivity index (χ1v) is 14.3. The van der Waals surface area contributed by atoms with E-state index in [0.29, 0.717) is 0 Å². The normalized spacial score (nSPS) is 12.8. The van der Waals surface area contributed by atoms with Gasteiger partial charge in [0.1, 0.15) is 38.2 Å². The first-order chi connectivity index (χ1) is 16.8. The number of amides is 1. The molecule has 1 aromatic heterocycles. The van der Waals surface area contributed by atoms with Crippen LogP contribution in [0, 0.1) is 24.4 Å². The Labute approximate surface area is 207 Å². The Kier molecular flexibility index (Phi) is 8.19. The van der Waals surface area contributed by atoms with Crippen molar-refractivity contribution in [2.45, 2.75) is 23.5 Å². The number of pyridine rings is 1. The second kappa shape index (κ2) is 10.8. The molecule has 7 nitrogen and oxygen atoms in total. The van der Waals surface area contributed by atoms with Gasteiger partial charge in [0.15, 0.2) is 9.84 Å². The Morgan fingerprint density at radius 1 is 0.944 bits per heavy atom. The molecule has 2 aromatic carbocycles. The molecule has 0 aliphatic heterocycles. The SMILES string of the molecule is Cc1cc(C(=O)NCCCS(C)(=O)=O)ncc1C(c1cc(F)ccc1F)S(=O)(=O)c1ccc(F)cc1. The number of hydrogen-bond acceptors (Lipinski definition) is 6. The average molecular weight is 541 g/mol. The van der Waals surface area contributed by atoms with Gasteiger partial charge in [0.05, 0.1) is 10.6 Å². The molecule has 1 N–H and O–H groups in total. The molecule has 3 rings (SSSR count). The summed E-state index contributed by atoms with van der Waals surface area (Å²) in [5.41, 5.74) is -0.293. The van der Waals surface area contributed by atoms with Crippen molar-refractivity contribution in [1.29, 1.82) is 0 Å². The summed E-state index contributed by atoms with van der Waals surface area (Å²) in [5, 5.41) is 0.790. The maximum Gasteiger partial charge on any atom is 0.269 e. The van der Waals surface area contributed by atoms with Crippen LogP contribution in [-0.4, -0.2) is 46.3 Å². The van der Waals surface area contributed by atoms with Gasteiger partial charge in [0, 0.05) is 24.6 Å². The van der Waals surface area contributed by atoms with E-state index in [0.717, 1.165) is 54.9 Å². The van der Waals surface area contributed by atoms with E-state index in [4.69, 9.17) is 0 Å². The Balaban J connectivity index is 2.02. The van der Waals surface area contributed by atoms with Gasteiger partial charge < -0.3 is 5.32 Å². The molecule has 1 amide bonds. The number of benzene rings is 2. The number of hydrogen-bond donors (Lipinski definition) is 1. The number of carbonyl (C=O) groups excluding carboxylic acids is 1. The number of nitrogens with one attached hydrogen (secondary N) is 1. The molecule has 0 saturated carbocycles. The lowest BCUT2D eigenvalue weighted by molar-refractivity contribution is 0.0948. The summed E-state index contributed by atoms with van der Waals surface area (Å²) in [5.74, 6) is -3.23. The Morgan fingerprint density at radius 2 is 1.58 bits per heavy atom. The molecule has 0 saturated heterocycles. The van der Waals surface area contributed by atoms with Crippen LogP contribution in [-0.2, 0) is 19.7 Å². The zero-order chi connectivity index (χ0) is 26.7. The van der Waals surface area contributed by atoms with Crippen molar-refractivity contribution < 1.29 is 34.8 Å². The largest absolute Gasteiger partial charge is 0.351 e. The molecule has 192 valence electrons. The third-order valence-corrected chi connectivity index (χ3v) is 8.42. The minimum atomic E-state index is -4.42. The van der Waals surface area contributed by atoms with Crippen molar-refractivity contribution in [3.63, 3.8) is 0 Å². The molecule has 36 heavy (non-hydrogen) atoms. The fourth-order valence-electron chi connectivity index (χ4n) is 3.57. The number of carbonyl (C=O) groups is 1. The van der Waals surface area contributed by atoms with Crippen LogP contribution in [0.15, 0.2) is 59.6 Å². The first kappa shape index (κ1) is 27.3. The number of nitrogens with zero attached hydrogens (tertiary/aromatic N) is 1. The molecule has 0 fully saturated rings. The van der Waals surface area contributed by atoms with Crippen molar-refractivity contribution in [1.82, 2.24) is 10.3 Å². The van der Waals surface area contributed by atoms with Crippen LogP contribution in [0.3, 0.4) is 0 Å². The molecule has 12 heteroatoms. The number of rotatable bonds is 9. The highest BCUT2D eigenvalue weighted by molar-refractivity contribution is 7.92. The van der Waals surface area contributed by atoms with Gasteiger partial charge in [-0.1, -0.05) is 0 Å². The van der Waals surface area contributed by atoms with Crippen LogP contribution < -0.4 is 5.32 Å². The van der Waals surface area contributed by atoms with E-state index in [1.54, 1.807) is 0 Å². The Bertz CT molecular complexity index is 1490. The summed E-state index contributed by atoms with van der Waals surface area (Å²) in [4.78, 5) is 16.1. The Hall–Kier alpha value is -3.25. The first-order valence-electron chi connectivity index (χ1n) is 10.7. The second-order valence-corrected chi connectivity index (χ2v) is 12.5. The second-order valence-electron chi connectivity index (χ2n) is 8.21. The number of halogens is 3. The van der Waals surface area contributed by atoms with E-state index in [1.807, 2.05) is 0 Å². The molecule has 1 unspecified atom stereocenters. The van der Waals surface area contributed by atoms with Gasteiger partial charge >= 0.3 is 0 Å². The minimum Gasteiger partial charge on any atom is -0.351 e. The third-order valence-electron chi connectivity index (χ3n) is 5.34. The topological polar surface area (TPSA) is 110 Å². The highest BCUT2D eigenvalue weighted by Crippen LogP contribution is 2.38. The van der Waals surface area contributed by atoms with Crippen LogP contribution in [0.1, 0.15) is 38.8 Å². The summed E-state index contributed by atoms with van der Waals surface area (Å²) < 4.78 is 91.8. The molecule has 0 bridgehead atoms. The minimum absolute atomic E-state index is 0.00236. The van der Waals surface area contributed by atoms with E-state index in [1.165, 1.54) is 13.0 Å². The third kappa shape index (κ3) is 6.49. The molecule has 3 aromatic rings. The van der Waals surface area contributed by atoms with E-state index in [9.17, 15) is 34.8 Å². The van der Waals surface area contributed by atoms with Crippen LogP contribution in [0.5, 0.6) is 0 Å². The standard InChI is InChI=1S/C24H23F3N2O5S2/c1-15-12-22(24(30)28-10-3-11-35(2,31)32)29-14-20(15)23(19-13-17(26)6-9-21(19)27)36(33,34)18-7-4-16(25)5-8-18/h4-9,12-14,23H,3,10-11H2,1-2H3,(H,28,30). The van der Waals surface area contributed by atoms with Gasteiger partial charge in [0.2, 0.25) is 0 Å². The Morgan fingerprint density at radius 3 is 2.19 bits per heavy atom. The van der Waals surface area contributed by atoms with Crippen LogP contribution in [0.25, 0.3) is 0 Å². The highest BCUT2D eigenvalue weighted by Gasteiger charge is 2.35. The number of sulfone groups is 2. The van der Waals surface area contributed by atoms with E-state index in [-0.39, 0.29) is 40.4 Å². The average Bonchev–Trinajstić information content (AvgIpc) is 2.79. The lowest BCUT2D eigenvalue weighted by Gasteiger charge is -2.21. The van der Waals surface area contributed by atoms with E-state index < -0.39 is 53.8 Å².